The van der Waals surface area contributed by atoms with E-state index in [1.807, 2.05) is 70.1 Å². The number of esters is 1. The lowest BCUT2D eigenvalue weighted by Gasteiger charge is -2.30. The summed E-state index contributed by atoms with van der Waals surface area (Å²) in [6.07, 6.45) is 6.59. The molecule has 27 heteroatoms. The van der Waals surface area contributed by atoms with Gasteiger partial charge in [-0.25, -0.2) is 13.2 Å². The second kappa shape index (κ2) is 29.8. The van der Waals surface area contributed by atoms with E-state index in [1.165, 1.54) is 50.6 Å². The van der Waals surface area contributed by atoms with Gasteiger partial charge in [0.05, 0.1) is 52.6 Å². The van der Waals surface area contributed by atoms with E-state index in [1.54, 1.807) is 50.3 Å². The number of anilines is 1. The van der Waals surface area contributed by atoms with Gasteiger partial charge in [0.15, 0.2) is 12.3 Å². The number of allylic oxidation sites excluding steroid dienone is 4. The summed E-state index contributed by atoms with van der Waals surface area (Å²) in [6, 6.07) is 32.2. The van der Waals surface area contributed by atoms with E-state index in [-0.39, 0.29) is 77.4 Å². The first-order chi connectivity index (χ1) is 41.6. The predicted octanol–water partition coefficient (Wildman–Crippen LogP) is 6.06. The van der Waals surface area contributed by atoms with Crippen LogP contribution in [0.2, 0.25) is 0 Å². The van der Waals surface area contributed by atoms with Crippen LogP contribution in [0.1, 0.15) is 97.1 Å². The molecule has 0 saturated heterocycles. The molecule has 2 heterocycles. The van der Waals surface area contributed by atoms with E-state index in [0.717, 1.165) is 10.6 Å². The van der Waals surface area contributed by atoms with Crippen molar-refractivity contribution in [1.29, 1.82) is 0 Å². The minimum absolute atomic E-state index is 0.0318. The molecule has 0 bridgehead atoms. The predicted molar refractivity (Wildman–Crippen MR) is 334 cm³/mol. The average molecular weight is 1310 g/mol. The standard InChI is InChI=1S/C61H73N4O18PS4/c1-60(30-15-39-85(69,70)71)50-42-47(87(75,76)77)25-28-52(50)64(55(60)21-14-22-56-61(2,31-16-40-86(72,73)74)51-43-48(88(78,79)80)26-29-53(51)65(56)35-36-83-38-37-81-3)34-13-7-12-23-57(66)62-32-33-63-58(67)44-24-27-49(59(68)82-4)54(41-44)84(45-17-8-5-9-18-45)46-19-10-6-11-20-46/h5-6,8-11,14,17-22,24-29,41-43H,7,12-13,15-16,23,30-40H2,1-4H3,(H5-,62,63,66,67,69,70,71,72,73,74,75,76,77,78,79,80). The Labute approximate surface area is 515 Å². The smallest absolute Gasteiger partial charge is 0.338 e. The lowest BCUT2D eigenvalue weighted by Crippen LogP contribution is -2.35. The number of fused-ring (bicyclic) bond motifs is 2. The summed E-state index contributed by atoms with van der Waals surface area (Å²) in [4.78, 5) is 40.9. The van der Waals surface area contributed by atoms with Crippen molar-refractivity contribution in [2.75, 3.05) is 76.6 Å². The number of methoxy groups -OCH3 is 2. The van der Waals surface area contributed by atoms with E-state index in [4.69, 9.17) is 14.2 Å². The zero-order chi connectivity index (χ0) is 64.1. The normalized spacial score (nSPS) is 17.4. The molecular weight excluding hydrogens is 1240 g/mol. The molecule has 0 fully saturated rings. The number of hydrogen-bond donors (Lipinski definition) is 5. The summed E-state index contributed by atoms with van der Waals surface area (Å²) in [6.45, 7) is 4.89. The van der Waals surface area contributed by atoms with Gasteiger partial charge in [0.1, 0.15) is 16.7 Å². The summed E-state index contributed by atoms with van der Waals surface area (Å²) in [5, 5.41) is 8.27. The average Bonchev–Trinajstić information content (AvgIpc) is 2.18. The third kappa shape index (κ3) is 17.6. The summed E-state index contributed by atoms with van der Waals surface area (Å²) >= 11 is 0. The maximum absolute atomic E-state index is 13.6. The molecule has 0 saturated carbocycles. The Kier molecular flexibility index (Phi) is 23.4. The van der Waals surface area contributed by atoms with Crippen LogP contribution in [0.3, 0.4) is 0 Å². The Morgan fingerprint density at radius 2 is 1.30 bits per heavy atom. The number of carbonyl (C=O) groups excluding carboxylic acids is 3. The molecule has 0 aromatic heterocycles. The number of hydrogen-bond acceptors (Lipinski definition) is 16. The van der Waals surface area contributed by atoms with Gasteiger partial charge in [-0.05, 0) is 131 Å². The fourth-order valence-electron chi connectivity index (χ4n) is 11.3. The van der Waals surface area contributed by atoms with Crippen LogP contribution in [0.15, 0.2) is 149 Å². The van der Waals surface area contributed by atoms with E-state index in [2.05, 4.69) is 10.6 Å². The molecule has 5 aromatic rings. The van der Waals surface area contributed by atoms with Crippen LogP contribution >= 0.6 is 7.92 Å². The SMILES string of the molecule is COCCOCC[N+]1=C(/C=C/C=C2/N(CCCCCC(=O)NCCNC(=O)c3ccc(C(=O)OC)c(P(c4ccccc4)c4ccccc4)c3)c3ccc(S(=O)(=O)[O-])cc3C2(C)CCCS(=O)(=O)O)C(C)(CCCS(=O)(=O)O)c2cc(S(=O)(=O)O)ccc21. The molecule has 2 unspecified atom stereocenters. The van der Waals surface area contributed by atoms with E-state index < -0.39 is 92.4 Å². The van der Waals surface area contributed by atoms with Crippen molar-refractivity contribution in [3.05, 3.63) is 161 Å². The van der Waals surface area contributed by atoms with Gasteiger partial charge in [-0.3, -0.25) is 23.2 Å². The number of nitrogens with one attached hydrogen (secondary N) is 2. The van der Waals surface area contributed by atoms with Crippen molar-refractivity contribution in [3.63, 3.8) is 0 Å². The lowest BCUT2D eigenvalue weighted by atomic mass is 9.75. The van der Waals surface area contributed by atoms with Crippen molar-refractivity contribution in [2.24, 2.45) is 0 Å². The highest BCUT2D eigenvalue weighted by Crippen LogP contribution is 2.52. The molecule has 474 valence electrons. The van der Waals surface area contributed by atoms with Crippen LogP contribution < -0.4 is 31.4 Å². The zero-order valence-corrected chi connectivity index (χ0v) is 53.3. The quantitative estimate of drug-likeness (QED) is 0.0107. The maximum atomic E-state index is 13.6. The topological polar surface area (TPSA) is 330 Å². The Morgan fingerprint density at radius 3 is 1.90 bits per heavy atom. The summed E-state index contributed by atoms with van der Waals surface area (Å²) in [7, 11) is -17.1. The number of carbonyl (C=O) groups is 3. The number of rotatable bonds is 32. The first-order valence-corrected chi connectivity index (χ1v) is 35.7. The van der Waals surface area contributed by atoms with Crippen molar-refractivity contribution in [2.45, 2.75) is 85.8 Å². The molecule has 2 aliphatic rings. The number of benzene rings is 5. The van der Waals surface area contributed by atoms with Crippen molar-refractivity contribution < 1.29 is 85.1 Å². The summed E-state index contributed by atoms with van der Waals surface area (Å²) < 4.78 is 158. The molecule has 22 nitrogen and oxygen atoms in total. The molecule has 7 rings (SSSR count). The largest absolute Gasteiger partial charge is 0.744 e. The van der Waals surface area contributed by atoms with Gasteiger partial charge in [-0.15, -0.1) is 0 Å². The van der Waals surface area contributed by atoms with Gasteiger partial charge in [-0.1, -0.05) is 73.2 Å². The van der Waals surface area contributed by atoms with Gasteiger partial charge in [0, 0.05) is 78.5 Å². The van der Waals surface area contributed by atoms with Crippen LogP contribution in [-0.4, -0.2) is 152 Å². The van der Waals surface area contributed by atoms with Crippen molar-refractivity contribution in [3.8, 4) is 0 Å². The van der Waals surface area contributed by atoms with Crippen LogP contribution in [0.5, 0.6) is 0 Å². The molecule has 2 amide bonds. The number of nitrogens with zero attached hydrogens (tertiary/aromatic N) is 2. The lowest BCUT2D eigenvalue weighted by molar-refractivity contribution is -0.442. The Morgan fingerprint density at radius 1 is 0.682 bits per heavy atom. The molecule has 0 aliphatic carbocycles. The number of amides is 2. The van der Waals surface area contributed by atoms with Crippen molar-refractivity contribution >= 4 is 99.2 Å². The molecule has 0 radical (unpaired) electrons. The maximum Gasteiger partial charge on any atom is 0.338 e. The zero-order valence-electron chi connectivity index (χ0n) is 49.2. The van der Waals surface area contributed by atoms with Crippen LogP contribution in [-0.2, 0) is 70.3 Å². The van der Waals surface area contributed by atoms with Gasteiger partial charge >= 0.3 is 5.97 Å². The first kappa shape index (κ1) is 68.9. The number of unbranched alkanes of at least 4 members (excludes halogenated alkanes) is 2. The second-order valence-corrected chi connectivity index (χ2v) is 29.7. The van der Waals surface area contributed by atoms with E-state index in [0.29, 0.717) is 76.2 Å². The highest BCUT2D eigenvalue weighted by atomic mass is 32.2. The highest BCUT2D eigenvalue weighted by molar-refractivity contribution is 7.86. The Bertz CT molecular complexity index is 3880. The van der Waals surface area contributed by atoms with Crippen LogP contribution in [0.4, 0.5) is 11.4 Å². The molecule has 2 atom stereocenters. The fraction of sp³-hybridized carbons (Fsp3) is 0.377. The van der Waals surface area contributed by atoms with Crippen LogP contribution in [0.25, 0.3) is 0 Å². The molecule has 88 heavy (non-hydrogen) atoms. The van der Waals surface area contributed by atoms with Gasteiger partial charge in [0.25, 0.3) is 36.3 Å². The molecular formula is C61H73N4O18PS4. The van der Waals surface area contributed by atoms with Crippen molar-refractivity contribution in [1.82, 2.24) is 10.6 Å². The molecule has 5 aromatic carbocycles. The fourth-order valence-corrected chi connectivity index (χ4v) is 15.7. The molecule has 5 N–H and O–H groups in total. The number of ether oxygens (including phenoxy) is 3. The third-order valence-corrected chi connectivity index (χ3v) is 21.3. The molecule has 2 aliphatic heterocycles. The first-order valence-electron chi connectivity index (χ1n) is 28.3. The van der Waals surface area contributed by atoms with E-state index in [9.17, 15) is 66.3 Å². The van der Waals surface area contributed by atoms with Gasteiger partial charge < -0.3 is 34.3 Å². The summed E-state index contributed by atoms with van der Waals surface area (Å²) in [5.74, 6) is -2.49. The Hall–Kier alpha value is -6.55. The minimum Gasteiger partial charge on any atom is -0.744 e. The van der Waals surface area contributed by atoms with Gasteiger partial charge in [0.2, 0.25) is 11.6 Å². The molecule has 0 spiro atoms. The highest BCUT2D eigenvalue weighted by Gasteiger charge is 2.49. The minimum atomic E-state index is -5.00. The van der Waals surface area contributed by atoms with E-state index >= 15 is 0 Å². The second-order valence-electron chi connectivity index (χ2n) is 21.6. The van der Waals surface area contributed by atoms with Gasteiger partial charge in [-0.2, -0.15) is 29.8 Å². The summed E-state index contributed by atoms with van der Waals surface area (Å²) in [5.41, 5.74) is 1.18. The Balaban J connectivity index is 1.11. The monoisotopic (exact) mass is 1310 g/mol. The van der Waals surface area contributed by atoms with Crippen LogP contribution in [0, 0.1) is 0 Å². The third-order valence-electron chi connectivity index (χ3n) is 15.5.